The molecular formula is C38H53N3O7. The molecule has 2 N–H and O–H groups in total. The smallest absolute Gasteiger partial charge is 0.313 e. The van der Waals surface area contributed by atoms with E-state index in [1.165, 1.54) is 0 Å². The quantitative estimate of drug-likeness (QED) is 0.227. The molecule has 5 rings (SSSR count). The van der Waals surface area contributed by atoms with E-state index in [0.29, 0.717) is 38.8 Å². The van der Waals surface area contributed by atoms with Crippen LogP contribution < -0.4 is 5.32 Å². The monoisotopic (exact) mass is 663 g/mol. The van der Waals surface area contributed by atoms with E-state index in [1.807, 2.05) is 53.5 Å². The molecule has 10 nitrogen and oxygen atoms in total. The van der Waals surface area contributed by atoms with Gasteiger partial charge in [-0.3, -0.25) is 19.2 Å². The number of hydrogen-bond donors (Lipinski definition) is 2. The summed E-state index contributed by atoms with van der Waals surface area (Å²) in [6.45, 7) is 11.4. The summed E-state index contributed by atoms with van der Waals surface area (Å²) in [4.78, 5) is 60.1. The van der Waals surface area contributed by atoms with Crippen molar-refractivity contribution in [2.75, 3.05) is 26.2 Å². The third-order valence-corrected chi connectivity index (χ3v) is 10.1. The molecule has 4 aliphatic rings. The van der Waals surface area contributed by atoms with Crippen LogP contribution in [-0.4, -0.2) is 88.1 Å². The van der Waals surface area contributed by atoms with E-state index in [9.17, 15) is 19.5 Å². The van der Waals surface area contributed by atoms with Crippen LogP contribution in [0.5, 0.6) is 0 Å². The van der Waals surface area contributed by atoms with Gasteiger partial charge >= 0.3 is 5.97 Å². The Morgan fingerprint density at radius 2 is 1.69 bits per heavy atom. The molecule has 4 heterocycles. The lowest BCUT2D eigenvalue weighted by Crippen LogP contribution is -2.60. The van der Waals surface area contributed by atoms with Crippen LogP contribution in [0.1, 0.15) is 91.2 Å². The molecule has 6 atom stereocenters. The molecule has 48 heavy (non-hydrogen) atoms. The molecular weight excluding hydrogens is 610 g/mol. The Balaban J connectivity index is 1.56. The molecule has 2 fully saturated rings. The van der Waals surface area contributed by atoms with Gasteiger partial charge in [-0.2, -0.15) is 0 Å². The van der Waals surface area contributed by atoms with Crippen molar-refractivity contribution in [3.8, 4) is 0 Å². The van der Waals surface area contributed by atoms with Crippen LogP contribution in [0.15, 0.2) is 54.6 Å². The summed E-state index contributed by atoms with van der Waals surface area (Å²) in [6.07, 6.45) is 10.4. The van der Waals surface area contributed by atoms with Gasteiger partial charge in [0, 0.05) is 31.7 Å². The SMILES string of the molecule is CC(C)(C)CC(C)(C)N1C/C=C\CCC(=O)NC[C@H](c2ccccc2)OC(=O)[C@@H]2[C@H]3C(=O)N(CCCCCCO)[C@H](C1=O)[C@]31C=C[C@H]2O1. The van der Waals surface area contributed by atoms with Gasteiger partial charge in [0.1, 0.15) is 23.7 Å². The molecule has 0 aromatic heterocycles. The largest absolute Gasteiger partial charge is 0.455 e. The highest BCUT2D eigenvalue weighted by molar-refractivity contribution is 5.99. The van der Waals surface area contributed by atoms with Gasteiger partial charge in [0.2, 0.25) is 17.7 Å². The van der Waals surface area contributed by atoms with Gasteiger partial charge in [0.25, 0.3) is 0 Å². The maximum Gasteiger partial charge on any atom is 0.313 e. The molecule has 262 valence electrons. The number of rotatable bonds is 9. The third-order valence-electron chi connectivity index (χ3n) is 10.1. The van der Waals surface area contributed by atoms with Gasteiger partial charge in [-0.1, -0.05) is 88.2 Å². The first-order valence-electron chi connectivity index (χ1n) is 17.6. The van der Waals surface area contributed by atoms with Crippen molar-refractivity contribution in [3.05, 3.63) is 60.2 Å². The van der Waals surface area contributed by atoms with E-state index in [2.05, 4.69) is 39.9 Å². The van der Waals surface area contributed by atoms with Crippen molar-refractivity contribution >= 4 is 23.7 Å². The van der Waals surface area contributed by atoms with Gasteiger partial charge in [-0.25, -0.2) is 0 Å². The van der Waals surface area contributed by atoms with Crippen LogP contribution in [-0.2, 0) is 28.7 Å². The number of aliphatic hydroxyl groups excluding tert-OH is 1. The Bertz CT molecular complexity index is 1400. The molecule has 3 amide bonds. The lowest BCUT2D eigenvalue weighted by molar-refractivity contribution is -0.160. The number of ether oxygens (including phenoxy) is 2. The Hall–Kier alpha value is -3.50. The number of fused-ring (bicyclic) bond motifs is 2. The summed E-state index contributed by atoms with van der Waals surface area (Å²) < 4.78 is 12.8. The third kappa shape index (κ3) is 7.39. The van der Waals surface area contributed by atoms with Gasteiger partial charge < -0.3 is 29.7 Å². The Labute approximate surface area is 284 Å². The van der Waals surface area contributed by atoms with Crippen molar-refractivity contribution in [2.24, 2.45) is 17.3 Å². The maximum atomic E-state index is 15.1. The van der Waals surface area contributed by atoms with Gasteiger partial charge in [-0.05, 0) is 50.5 Å². The van der Waals surface area contributed by atoms with Gasteiger partial charge in [0.05, 0.1) is 18.6 Å². The standard InChI is InChI=1S/C38H53N3O7/c1-36(2,3)25-37(4,5)41-22-14-9-12-18-29(43)39-24-28(26-16-10-8-11-17-26)47-35(46)30-27-19-20-38(48-27)31(30)33(44)40(32(38)34(41)45)21-13-6-7-15-23-42/h8-11,14,16-17,19-20,27-28,30-32,42H,6-7,12-13,15,18,21-25H2,1-5H3,(H,39,43)/b14-9-/t27-,28-,30+,31+,32-,38+/m1/s1. The fourth-order valence-electron chi connectivity index (χ4n) is 8.30. The fraction of sp³-hybridized carbons (Fsp3) is 0.632. The minimum absolute atomic E-state index is 0.0893. The molecule has 1 aromatic rings. The van der Waals surface area contributed by atoms with Crippen LogP contribution in [0.25, 0.3) is 0 Å². The van der Waals surface area contributed by atoms with E-state index < -0.39 is 47.2 Å². The highest BCUT2D eigenvalue weighted by Gasteiger charge is 2.73. The van der Waals surface area contributed by atoms with E-state index in [4.69, 9.17) is 9.47 Å². The molecule has 2 saturated heterocycles. The number of unbranched alkanes of at least 4 members (excludes halogenated alkanes) is 3. The number of hydrogen-bond acceptors (Lipinski definition) is 7. The molecule has 5 bridgehead atoms. The minimum Gasteiger partial charge on any atom is -0.455 e. The van der Waals surface area contributed by atoms with Crippen LogP contribution in [0, 0.1) is 17.3 Å². The van der Waals surface area contributed by atoms with Crippen LogP contribution in [0.4, 0.5) is 0 Å². The number of likely N-dealkylation sites (tertiary alicyclic amines) is 1. The Kier molecular flexibility index (Phi) is 10.8. The highest BCUT2D eigenvalue weighted by Crippen LogP contribution is 2.56. The summed E-state index contributed by atoms with van der Waals surface area (Å²) in [5.41, 5.74) is -1.26. The summed E-state index contributed by atoms with van der Waals surface area (Å²) >= 11 is 0. The van der Waals surface area contributed by atoms with Gasteiger partial charge in [-0.15, -0.1) is 0 Å². The van der Waals surface area contributed by atoms with Crippen molar-refractivity contribution in [1.29, 1.82) is 0 Å². The number of carbonyl (C=O) groups excluding carboxylic acids is 4. The summed E-state index contributed by atoms with van der Waals surface area (Å²) in [7, 11) is 0. The molecule has 0 unspecified atom stereocenters. The number of amides is 3. The predicted octanol–water partition coefficient (Wildman–Crippen LogP) is 4.48. The van der Waals surface area contributed by atoms with Crippen molar-refractivity contribution in [2.45, 2.75) is 109 Å². The molecule has 0 radical (unpaired) electrons. The molecule has 4 aliphatic heterocycles. The molecule has 1 aromatic carbocycles. The predicted molar refractivity (Wildman–Crippen MR) is 181 cm³/mol. The first-order chi connectivity index (χ1) is 22.8. The van der Waals surface area contributed by atoms with Crippen molar-refractivity contribution < 1.29 is 33.8 Å². The zero-order chi connectivity index (χ0) is 34.7. The van der Waals surface area contributed by atoms with Crippen molar-refractivity contribution in [1.82, 2.24) is 15.1 Å². The van der Waals surface area contributed by atoms with E-state index in [0.717, 1.165) is 18.4 Å². The second kappa shape index (κ2) is 14.5. The zero-order valence-electron chi connectivity index (χ0n) is 29.2. The van der Waals surface area contributed by atoms with E-state index in [-0.39, 0.29) is 42.7 Å². The minimum atomic E-state index is -1.31. The average molecular weight is 664 g/mol. The van der Waals surface area contributed by atoms with Crippen LogP contribution >= 0.6 is 0 Å². The topological polar surface area (TPSA) is 125 Å². The number of allylic oxidation sites excluding steroid dienone is 1. The van der Waals surface area contributed by atoms with Crippen molar-refractivity contribution in [3.63, 3.8) is 0 Å². The lowest BCUT2D eigenvalue weighted by Gasteiger charge is -2.45. The number of benzene rings is 1. The fourth-order valence-corrected chi connectivity index (χ4v) is 8.30. The van der Waals surface area contributed by atoms with Crippen LogP contribution in [0.3, 0.4) is 0 Å². The summed E-state index contributed by atoms with van der Waals surface area (Å²) in [6, 6.07) is 8.29. The molecule has 10 heteroatoms. The van der Waals surface area contributed by atoms with E-state index in [1.54, 1.807) is 11.0 Å². The average Bonchev–Trinajstić information content (AvgIpc) is 3.66. The molecule has 0 aliphatic carbocycles. The Morgan fingerprint density at radius 1 is 0.958 bits per heavy atom. The second-order valence-corrected chi connectivity index (χ2v) is 15.5. The van der Waals surface area contributed by atoms with Crippen LogP contribution in [0.2, 0.25) is 0 Å². The zero-order valence-corrected chi connectivity index (χ0v) is 29.2. The number of cyclic esters (lactones) is 1. The lowest BCUT2D eigenvalue weighted by atomic mass is 9.74. The number of nitrogens with one attached hydrogen (secondary N) is 1. The summed E-state index contributed by atoms with van der Waals surface area (Å²) in [5.74, 6) is -3.11. The number of carbonyl (C=O) groups is 4. The highest BCUT2D eigenvalue weighted by atomic mass is 16.6. The number of esters is 1. The van der Waals surface area contributed by atoms with E-state index >= 15 is 4.79 Å². The molecule has 0 saturated carbocycles. The summed E-state index contributed by atoms with van der Waals surface area (Å²) in [5, 5.41) is 12.2. The maximum absolute atomic E-state index is 15.1. The second-order valence-electron chi connectivity index (χ2n) is 15.5. The Morgan fingerprint density at radius 3 is 2.40 bits per heavy atom. The normalized spacial score (nSPS) is 30.4. The first kappa shape index (κ1) is 35.8. The number of nitrogens with zero attached hydrogens (tertiary/aromatic N) is 2. The van der Waals surface area contributed by atoms with Gasteiger partial charge in [0.15, 0.2) is 0 Å². The molecule has 1 spiro atoms. The first-order valence-corrected chi connectivity index (χ1v) is 17.6. The number of aliphatic hydroxyl groups is 1.